The summed E-state index contributed by atoms with van der Waals surface area (Å²) < 4.78 is 0. The minimum atomic E-state index is 0.369. The highest BCUT2D eigenvalue weighted by molar-refractivity contribution is 5.48. The van der Waals surface area contributed by atoms with E-state index < -0.39 is 0 Å². The molecule has 2 N–H and O–H groups in total. The van der Waals surface area contributed by atoms with Gasteiger partial charge < -0.3 is 10.6 Å². The van der Waals surface area contributed by atoms with Crippen LogP contribution in [0.25, 0.3) is 0 Å². The molecule has 5 heterocycles. The Balaban J connectivity index is 1.57. The Morgan fingerprint density at radius 1 is 1.00 bits per heavy atom. The van der Waals surface area contributed by atoms with E-state index in [0.717, 1.165) is 18.3 Å². The van der Waals surface area contributed by atoms with Crippen molar-refractivity contribution >= 4 is 11.8 Å². The second-order valence-corrected chi connectivity index (χ2v) is 7.30. The first-order valence-electron chi connectivity index (χ1n) is 8.95. The molecule has 4 fully saturated rings. The number of hydrogen-bond donors (Lipinski definition) is 1. The smallest absolute Gasteiger partial charge is 0.221 e. The van der Waals surface area contributed by atoms with Gasteiger partial charge in [-0.25, -0.2) is 4.98 Å². The Morgan fingerprint density at radius 2 is 1.79 bits per heavy atom. The molecule has 1 aromatic heterocycles. The largest absolute Gasteiger partial charge is 0.368 e. The fraction of sp³-hybridized carbons (Fsp3) is 0.474. The fourth-order valence-electron chi connectivity index (χ4n) is 5.20. The number of piperidine rings is 3. The second-order valence-electron chi connectivity index (χ2n) is 7.30. The van der Waals surface area contributed by atoms with E-state index in [1.807, 2.05) is 6.07 Å². The molecule has 3 atom stereocenters. The lowest BCUT2D eigenvalue weighted by molar-refractivity contribution is 0.0354. The number of fused-ring (bicyclic) bond motifs is 2. The van der Waals surface area contributed by atoms with E-state index in [4.69, 9.17) is 5.73 Å². The van der Waals surface area contributed by atoms with Crippen molar-refractivity contribution in [1.82, 2.24) is 14.9 Å². The van der Waals surface area contributed by atoms with Crippen molar-refractivity contribution in [2.75, 3.05) is 30.3 Å². The summed E-state index contributed by atoms with van der Waals surface area (Å²) in [5.74, 6) is 2.67. The molecule has 0 radical (unpaired) electrons. The van der Waals surface area contributed by atoms with E-state index in [0.29, 0.717) is 23.9 Å². The maximum Gasteiger partial charge on any atom is 0.221 e. The molecule has 1 aromatic carbocycles. The molecule has 2 bridgehead atoms. The normalized spacial score (nSPS) is 34.3. The molecule has 2 aromatic rings. The average Bonchev–Trinajstić information content (AvgIpc) is 3.06. The zero-order chi connectivity index (χ0) is 16.1. The first kappa shape index (κ1) is 14.2. The zero-order valence-corrected chi connectivity index (χ0v) is 13.8. The third-order valence-corrected chi connectivity index (χ3v) is 6.18. The lowest BCUT2D eigenvalue weighted by Gasteiger charge is -2.51. The molecule has 0 spiro atoms. The van der Waals surface area contributed by atoms with Gasteiger partial charge in [0.25, 0.3) is 0 Å². The summed E-state index contributed by atoms with van der Waals surface area (Å²) in [4.78, 5) is 13.8. The molecule has 24 heavy (non-hydrogen) atoms. The zero-order valence-electron chi connectivity index (χ0n) is 13.8. The predicted molar refractivity (Wildman–Crippen MR) is 94.8 cm³/mol. The van der Waals surface area contributed by atoms with Gasteiger partial charge in [-0.2, -0.15) is 4.98 Å². The summed E-state index contributed by atoms with van der Waals surface area (Å²) in [7, 11) is 0. The minimum absolute atomic E-state index is 0.369. The first-order chi connectivity index (χ1) is 11.8. The number of nitrogen functional groups attached to an aromatic ring is 1. The summed E-state index contributed by atoms with van der Waals surface area (Å²) in [6.07, 6.45) is 4.39. The highest BCUT2D eigenvalue weighted by Gasteiger charge is 2.53. The SMILES string of the molecule is Nc1nccc(N2C[C@H](c3ccccc3)[C@H]3[C@@H]2C2CCN3CC2)n1. The van der Waals surface area contributed by atoms with E-state index in [9.17, 15) is 0 Å². The molecule has 0 aliphatic carbocycles. The maximum absolute atomic E-state index is 5.86. The summed E-state index contributed by atoms with van der Waals surface area (Å²) in [5, 5.41) is 0. The van der Waals surface area contributed by atoms with Crippen molar-refractivity contribution in [3.8, 4) is 0 Å². The van der Waals surface area contributed by atoms with E-state index >= 15 is 0 Å². The highest BCUT2D eigenvalue weighted by Crippen LogP contribution is 2.47. The van der Waals surface area contributed by atoms with Crippen LogP contribution in [0.4, 0.5) is 11.8 Å². The number of rotatable bonds is 2. The molecule has 0 unspecified atom stereocenters. The highest BCUT2D eigenvalue weighted by atomic mass is 15.3. The standard InChI is InChI=1S/C19H23N5/c20-19-21-9-6-16(22-19)24-12-15(13-4-2-1-3-5-13)18-17(24)14-7-10-23(18)11-8-14/h1-6,9,14-15,17-18H,7-8,10-12H2,(H2,20,21,22)/t15-,17+,18+/m1/s1. The monoisotopic (exact) mass is 321 g/mol. The number of anilines is 2. The average molecular weight is 321 g/mol. The Bertz CT molecular complexity index is 726. The van der Waals surface area contributed by atoms with Crippen LogP contribution in [0, 0.1) is 5.92 Å². The van der Waals surface area contributed by atoms with Gasteiger partial charge >= 0.3 is 0 Å². The van der Waals surface area contributed by atoms with Crippen molar-refractivity contribution in [3.63, 3.8) is 0 Å². The van der Waals surface area contributed by atoms with Gasteiger partial charge in [0.2, 0.25) is 5.95 Å². The lowest BCUT2D eigenvalue weighted by atomic mass is 9.75. The topological polar surface area (TPSA) is 58.3 Å². The molecule has 124 valence electrons. The minimum Gasteiger partial charge on any atom is -0.368 e. The van der Waals surface area contributed by atoms with Gasteiger partial charge in [0.15, 0.2) is 0 Å². The number of aromatic nitrogens is 2. The van der Waals surface area contributed by atoms with Gasteiger partial charge in [-0.3, -0.25) is 4.90 Å². The molecule has 4 aliphatic heterocycles. The van der Waals surface area contributed by atoms with Crippen LogP contribution >= 0.6 is 0 Å². The van der Waals surface area contributed by atoms with Crippen molar-refractivity contribution in [2.24, 2.45) is 5.92 Å². The summed E-state index contributed by atoms with van der Waals surface area (Å²) in [5.41, 5.74) is 7.31. The Kier molecular flexibility index (Phi) is 3.23. The van der Waals surface area contributed by atoms with E-state index in [-0.39, 0.29) is 0 Å². The molecule has 5 heteroatoms. The summed E-state index contributed by atoms with van der Waals surface area (Å²) >= 11 is 0. The lowest BCUT2D eigenvalue weighted by Crippen LogP contribution is -2.60. The van der Waals surface area contributed by atoms with Gasteiger partial charge in [0, 0.05) is 30.7 Å². The van der Waals surface area contributed by atoms with Crippen LogP contribution in [0.1, 0.15) is 24.3 Å². The third kappa shape index (κ3) is 2.11. The summed E-state index contributed by atoms with van der Waals surface area (Å²) in [6, 6.07) is 14.1. The van der Waals surface area contributed by atoms with E-state index in [2.05, 4.69) is 50.1 Å². The van der Waals surface area contributed by atoms with Crippen LogP contribution in [0.3, 0.4) is 0 Å². The number of nitrogens with zero attached hydrogens (tertiary/aromatic N) is 4. The van der Waals surface area contributed by atoms with Crippen molar-refractivity contribution in [1.29, 1.82) is 0 Å². The van der Waals surface area contributed by atoms with Gasteiger partial charge in [-0.1, -0.05) is 30.3 Å². The van der Waals surface area contributed by atoms with Crippen LogP contribution in [0.5, 0.6) is 0 Å². The van der Waals surface area contributed by atoms with Crippen LogP contribution in [-0.4, -0.2) is 46.6 Å². The molecule has 5 nitrogen and oxygen atoms in total. The molecule has 4 aliphatic rings. The van der Waals surface area contributed by atoms with Gasteiger partial charge in [-0.05, 0) is 43.5 Å². The van der Waals surface area contributed by atoms with Crippen LogP contribution in [0.2, 0.25) is 0 Å². The predicted octanol–water partition coefficient (Wildman–Crippen LogP) is 2.13. The third-order valence-electron chi connectivity index (χ3n) is 6.18. The second kappa shape index (κ2) is 5.45. The maximum atomic E-state index is 5.86. The Labute approximate surface area is 142 Å². The quantitative estimate of drug-likeness (QED) is 0.918. The van der Waals surface area contributed by atoms with Crippen molar-refractivity contribution in [3.05, 3.63) is 48.2 Å². The number of nitrogens with two attached hydrogens (primary N) is 1. The van der Waals surface area contributed by atoms with Crippen molar-refractivity contribution in [2.45, 2.75) is 30.8 Å². The Hall–Kier alpha value is -2.14. The van der Waals surface area contributed by atoms with Crippen LogP contribution in [0.15, 0.2) is 42.6 Å². The van der Waals surface area contributed by atoms with Gasteiger partial charge in [0.1, 0.15) is 5.82 Å². The molecule has 6 rings (SSSR count). The van der Waals surface area contributed by atoms with Crippen LogP contribution in [-0.2, 0) is 0 Å². The van der Waals surface area contributed by atoms with Crippen molar-refractivity contribution < 1.29 is 0 Å². The molecular formula is C19H23N5. The first-order valence-corrected chi connectivity index (χ1v) is 8.95. The van der Waals surface area contributed by atoms with Crippen LogP contribution < -0.4 is 10.6 Å². The van der Waals surface area contributed by atoms with E-state index in [1.54, 1.807) is 6.20 Å². The molecule has 4 saturated heterocycles. The molecule has 0 amide bonds. The number of benzene rings is 1. The molecule has 0 saturated carbocycles. The molecular weight excluding hydrogens is 298 g/mol. The Morgan fingerprint density at radius 3 is 2.54 bits per heavy atom. The van der Waals surface area contributed by atoms with Gasteiger partial charge in [-0.15, -0.1) is 0 Å². The van der Waals surface area contributed by atoms with Gasteiger partial charge in [0.05, 0.1) is 0 Å². The van der Waals surface area contributed by atoms with E-state index in [1.165, 1.54) is 31.5 Å². The summed E-state index contributed by atoms with van der Waals surface area (Å²) in [6.45, 7) is 3.51. The fourth-order valence-corrected chi connectivity index (χ4v) is 5.20. The number of hydrogen-bond acceptors (Lipinski definition) is 5.